The Hall–Kier alpha value is -1.43. The van der Waals surface area contributed by atoms with E-state index in [0.717, 1.165) is 63.8 Å². The molecule has 0 saturated carbocycles. The fraction of sp³-hybridized carbons (Fsp3) is 0.812. The summed E-state index contributed by atoms with van der Waals surface area (Å²) in [5.74, 6) is 2.48. The topological polar surface area (TPSA) is 54.3 Å². The molecule has 0 N–H and O–H groups in total. The first-order chi connectivity index (χ1) is 10.4. The van der Waals surface area contributed by atoms with Crippen LogP contribution in [0.5, 0.6) is 0 Å². The van der Waals surface area contributed by atoms with Gasteiger partial charge in [-0.15, -0.1) is 10.2 Å². The molecule has 1 fully saturated rings. The second-order valence-corrected chi connectivity index (χ2v) is 7.46. The van der Waals surface area contributed by atoms with Gasteiger partial charge in [-0.05, 0) is 12.8 Å². The Kier molecular flexibility index (Phi) is 4.21. The molecular formula is C16H27N5O. The van der Waals surface area contributed by atoms with Crippen LogP contribution in [0.15, 0.2) is 0 Å². The van der Waals surface area contributed by atoms with Gasteiger partial charge >= 0.3 is 0 Å². The third kappa shape index (κ3) is 3.16. The van der Waals surface area contributed by atoms with Crippen LogP contribution in [0.2, 0.25) is 0 Å². The molecule has 1 aromatic rings. The fourth-order valence-electron chi connectivity index (χ4n) is 3.33. The lowest BCUT2D eigenvalue weighted by Crippen LogP contribution is -2.41. The van der Waals surface area contributed by atoms with Gasteiger partial charge in [-0.2, -0.15) is 0 Å². The number of amides is 1. The predicted molar refractivity (Wildman–Crippen MR) is 84.3 cm³/mol. The highest BCUT2D eigenvalue weighted by molar-refractivity contribution is 5.81. The molecule has 0 radical (unpaired) electrons. The highest BCUT2D eigenvalue weighted by Gasteiger charge is 2.29. The first-order valence-electron chi connectivity index (χ1n) is 8.38. The number of aryl methyl sites for hydroxylation is 1. The number of carbonyl (C=O) groups excluding carboxylic acids is 1. The monoisotopic (exact) mass is 305 g/mol. The van der Waals surface area contributed by atoms with Crippen LogP contribution in [0.3, 0.4) is 0 Å². The molecule has 0 aliphatic carbocycles. The van der Waals surface area contributed by atoms with Crippen molar-refractivity contribution in [3.63, 3.8) is 0 Å². The van der Waals surface area contributed by atoms with Gasteiger partial charge in [0.25, 0.3) is 0 Å². The van der Waals surface area contributed by atoms with Gasteiger partial charge in [-0.3, -0.25) is 9.69 Å². The molecule has 6 nitrogen and oxygen atoms in total. The molecule has 0 spiro atoms. The number of nitrogens with zero attached hydrogens (tertiary/aromatic N) is 5. The van der Waals surface area contributed by atoms with Crippen LogP contribution in [0.25, 0.3) is 0 Å². The standard InChI is InChI=1S/C16H27N5O/c1-16(2,3)15(22)20-8-5-7-19(10-11-20)12-14-18-17-13-6-4-9-21(13)14/h4-12H2,1-3H3. The summed E-state index contributed by atoms with van der Waals surface area (Å²) in [5, 5.41) is 8.63. The van der Waals surface area contributed by atoms with E-state index in [2.05, 4.69) is 19.7 Å². The summed E-state index contributed by atoms with van der Waals surface area (Å²) in [5.41, 5.74) is -0.289. The van der Waals surface area contributed by atoms with Crippen molar-refractivity contribution in [3.05, 3.63) is 11.6 Å². The van der Waals surface area contributed by atoms with Crippen molar-refractivity contribution >= 4 is 5.91 Å². The highest BCUT2D eigenvalue weighted by Crippen LogP contribution is 2.20. The largest absolute Gasteiger partial charge is 0.341 e. The van der Waals surface area contributed by atoms with Crippen LogP contribution in [-0.4, -0.2) is 56.7 Å². The van der Waals surface area contributed by atoms with Crippen molar-refractivity contribution in [3.8, 4) is 0 Å². The highest BCUT2D eigenvalue weighted by atomic mass is 16.2. The third-order valence-electron chi connectivity index (χ3n) is 4.57. The zero-order valence-corrected chi connectivity index (χ0v) is 14.0. The zero-order valence-electron chi connectivity index (χ0n) is 14.0. The number of rotatable bonds is 2. The van der Waals surface area contributed by atoms with Crippen LogP contribution in [0.4, 0.5) is 0 Å². The second-order valence-electron chi connectivity index (χ2n) is 7.46. The van der Waals surface area contributed by atoms with Crippen molar-refractivity contribution in [2.45, 2.75) is 53.1 Å². The molecule has 0 unspecified atom stereocenters. The van der Waals surface area contributed by atoms with Gasteiger partial charge < -0.3 is 9.47 Å². The van der Waals surface area contributed by atoms with Crippen molar-refractivity contribution < 1.29 is 4.79 Å². The van der Waals surface area contributed by atoms with E-state index in [1.807, 2.05) is 25.7 Å². The maximum atomic E-state index is 12.4. The van der Waals surface area contributed by atoms with Gasteiger partial charge in [-0.25, -0.2) is 0 Å². The number of aromatic nitrogens is 3. The average Bonchev–Trinajstić information content (AvgIpc) is 2.97. The van der Waals surface area contributed by atoms with E-state index < -0.39 is 0 Å². The average molecular weight is 305 g/mol. The molecule has 0 bridgehead atoms. The Bertz CT molecular complexity index is 545. The van der Waals surface area contributed by atoms with Gasteiger partial charge in [0.1, 0.15) is 11.6 Å². The molecule has 3 heterocycles. The SMILES string of the molecule is CC(C)(C)C(=O)N1CCCN(Cc2nnc3n2CCC3)CC1. The molecular weight excluding hydrogens is 278 g/mol. The van der Waals surface area contributed by atoms with Gasteiger partial charge in [0.05, 0.1) is 6.54 Å². The lowest BCUT2D eigenvalue weighted by Gasteiger charge is -2.28. The first kappa shape index (κ1) is 15.5. The molecule has 6 heteroatoms. The van der Waals surface area contributed by atoms with Crippen molar-refractivity contribution in [2.24, 2.45) is 5.41 Å². The molecule has 2 aliphatic rings. The summed E-state index contributed by atoms with van der Waals surface area (Å²) in [6.07, 6.45) is 3.27. The van der Waals surface area contributed by atoms with Crippen LogP contribution in [-0.2, 0) is 24.3 Å². The smallest absolute Gasteiger partial charge is 0.227 e. The van der Waals surface area contributed by atoms with E-state index in [4.69, 9.17) is 0 Å². The Morgan fingerprint density at radius 1 is 1.05 bits per heavy atom. The molecule has 1 amide bonds. The number of fused-ring (bicyclic) bond motifs is 1. The maximum Gasteiger partial charge on any atom is 0.227 e. The third-order valence-corrected chi connectivity index (χ3v) is 4.57. The lowest BCUT2D eigenvalue weighted by atomic mass is 9.94. The maximum absolute atomic E-state index is 12.4. The summed E-state index contributed by atoms with van der Waals surface area (Å²) in [6, 6.07) is 0. The van der Waals surface area contributed by atoms with Crippen LogP contribution in [0, 0.1) is 5.41 Å². The fourth-order valence-corrected chi connectivity index (χ4v) is 3.33. The van der Waals surface area contributed by atoms with E-state index in [-0.39, 0.29) is 11.3 Å². The Morgan fingerprint density at radius 3 is 2.64 bits per heavy atom. The summed E-state index contributed by atoms with van der Waals surface area (Å²) >= 11 is 0. The molecule has 122 valence electrons. The second kappa shape index (κ2) is 5.99. The Balaban J connectivity index is 1.60. The van der Waals surface area contributed by atoms with Gasteiger partial charge in [0.15, 0.2) is 0 Å². The summed E-state index contributed by atoms with van der Waals surface area (Å²) in [6.45, 7) is 11.5. The van der Waals surface area contributed by atoms with E-state index in [0.29, 0.717) is 0 Å². The van der Waals surface area contributed by atoms with E-state index >= 15 is 0 Å². The van der Waals surface area contributed by atoms with Crippen molar-refractivity contribution in [1.29, 1.82) is 0 Å². The van der Waals surface area contributed by atoms with E-state index in [1.54, 1.807) is 0 Å². The minimum absolute atomic E-state index is 0.262. The van der Waals surface area contributed by atoms with E-state index in [9.17, 15) is 4.79 Å². The van der Waals surface area contributed by atoms with Crippen molar-refractivity contribution in [2.75, 3.05) is 26.2 Å². The molecule has 0 aromatic carbocycles. The van der Waals surface area contributed by atoms with Crippen LogP contribution in [0.1, 0.15) is 45.3 Å². The van der Waals surface area contributed by atoms with Crippen LogP contribution < -0.4 is 0 Å². The van der Waals surface area contributed by atoms with Crippen molar-refractivity contribution in [1.82, 2.24) is 24.6 Å². The van der Waals surface area contributed by atoms with Gasteiger partial charge in [0, 0.05) is 44.6 Å². The zero-order chi connectivity index (χ0) is 15.7. The lowest BCUT2D eigenvalue weighted by molar-refractivity contribution is -0.139. The molecule has 1 aromatic heterocycles. The quantitative estimate of drug-likeness (QED) is 0.826. The number of carbonyl (C=O) groups is 1. The summed E-state index contributed by atoms with van der Waals surface area (Å²) in [7, 11) is 0. The van der Waals surface area contributed by atoms with Gasteiger partial charge in [0.2, 0.25) is 5.91 Å². The number of hydrogen-bond acceptors (Lipinski definition) is 4. The minimum atomic E-state index is -0.289. The molecule has 22 heavy (non-hydrogen) atoms. The minimum Gasteiger partial charge on any atom is -0.341 e. The molecule has 0 atom stereocenters. The van der Waals surface area contributed by atoms with E-state index in [1.165, 1.54) is 6.42 Å². The summed E-state index contributed by atoms with van der Waals surface area (Å²) in [4.78, 5) is 16.9. The van der Waals surface area contributed by atoms with Gasteiger partial charge in [-0.1, -0.05) is 20.8 Å². The van der Waals surface area contributed by atoms with Crippen LogP contribution >= 0.6 is 0 Å². The summed E-state index contributed by atoms with van der Waals surface area (Å²) < 4.78 is 2.27. The first-order valence-corrected chi connectivity index (χ1v) is 8.38. The Labute approximate surface area is 132 Å². The Morgan fingerprint density at radius 2 is 1.86 bits per heavy atom. The molecule has 1 saturated heterocycles. The predicted octanol–water partition coefficient (Wildman–Crippen LogP) is 1.30. The molecule has 3 rings (SSSR count). The number of hydrogen-bond donors (Lipinski definition) is 0. The normalized spacial score (nSPS) is 20.0. The molecule has 2 aliphatic heterocycles.